The van der Waals surface area contributed by atoms with Gasteiger partial charge in [0.05, 0.1) is 5.02 Å². The molecule has 0 aliphatic carbocycles. The fourth-order valence-corrected chi connectivity index (χ4v) is 0.824. The van der Waals surface area contributed by atoms with Gasteiger partial charge in [0.2, 0.25) is 12.7 Å². The van der Waals surface area contributed by atoms with E-state index in [4.69, 9.17) is 11.6 Å². The molecule has 0 spiro atoms. The number of ether oxygens (including phenoxy) is 1. The van der Waals surface area contributed by atoms with E-state index in [1.54, 1.807) is 0 Å². The Hall–Kier alpha value is -0.900. The SMILES string of the molecule is FCOc1ccc(Cl)c(F)c1F. The van der Waals surface area contributed by atoms with E-state index in [-0.39, 0.29) is 5.02 Å². The molecule has 0 unspecified atom stereocenters. The molecular formula is C7H4ClF3O. The van der Waals surface area contributed by atoms with Gasteiger partial charge in [0, 0.05) is 0 Å². The first-order chi connectivity index (χ1) is 5.66. The molecule has 0 heterocycles. The van der Waals surface area contributed by atoms with Crippen LogP contribution in [0.5, 0.6) is 5.75 Å². The van der Waals surface area contributed by atoms with Gasteiger partial charge in [0.25, 0.3) is 0 Å². The van der Waals surface area contributed by atoms with Gasteiger partial charge in [0.15, 0.2) is 11.6 Å². The second-order valence-electron chi connectivity index (χ2n) is 1.93. The molecule has 12 heavy (non-hydrogen) atoms. The Morgan fingerprint density at radius 1 is 1.25 bits per heavy atom. The van der Waals surface area contributed by atoms with Gasteiger partial charge in [-0.15, -0.1) is 0 Å². The third-order valence-corrected chi connectivity index (χ3v) is 1.50. The maximum atomic E-state index is 12.7. The monoisotopic (exact) mass is 196 g/mol. The topological polar surface area (TPSA) is 9.23 Å². The lowest BCUT2D eigenvalue weighted by Gasteiger charge is -2.03. The number of hydrogen-bond acceptors (Lipinski definition) is 1. The Kier molecular flexibility index (Phi) is 2.81. The highest BCUT2D eigenvalue weighted by Gasteiger charge is 2.12. The molecule has 0 aliphatic heterocycles. The molecule has 0 aliphatic rings. The van der Waals surface area contributed by atoms with Crippen LogP contribution < -0.4 is 4.74 Å². The van der Waals surface area contributed by atoms with Gasteiger partial charge < -0.3 is 4.74 Å². The maximum absolute atomic E-state index is 12.7. The van der Waals surface area contributed by atoms with Crippen LogP contribution in [0.3, 0.4) is 0 Å². The summed E-state index contributed by atoms with van der Waals surface area (Å²) in [6.45, 7) is -1.21. The molecule has 0 bridgehead atoms. The van der Waals surface area contributed by atoms with Crippen molar-refractivity contribution in [3.8, 4) is 5.75 Å². The molecule has 0 amide bonds. The van der Waals surface area contributed by atoms with Crippen molar-refractivity contribution in [1.82, 2.24) is 0 Å². The second-order valence-corrected chi connectivity index (χ2v) is 2.33. The third kappa shape index (κ3) is 1.64. The van der Waals surface area contributed by atoms with Crippen LogP contribution in [0.1, 0.15) is 0 Å². The molecular weight excluding hydrogens is 193 g/mol. The van der Waals surface area contributed by atoms with Crippen molar-refractivity contribution in [2.75, 3.05) is 6.86 Å². The zero-order valence-corrected chi connectivity index (χ0v) is 6.54. The fraction of sp³-hybridized carbons (Fsp3) is 0.143. The van der Waals surface area contributed by atoms with Crippen LogP contribution in [-0.2, 0) is 0 Å². The minimum Gasteiger partial charge on any atom is -0.460 e. The van der Waals surface area contributed by atoms with Crippen molar-refractivity contribution < 1.29 is 17.9 Å². The number of rotatable bonds is 2. The zero-order chi connectivity index (χ0) is 9.14. The van der Waals surface area contributed by atoms with Crippen LogP contribution in [0.4, 0.5) is 13.2 Å². The Bertz CT molecular complexity index is 290. The first kappa shape index (κ1) is 9.19. The van der Waals surface area contributed by atoms with Gasteiger partial charge in [-0.25, -0.2) is 8.78 Å². The predicted octanol–water partition coefficient (Wildman–Crippen LogP) is 2.92. The Balaban J connectivity index is 3.08. The first-order valence-corrected chi connectivity index (χ1v) is 3.37. The molecule has 0 aromatic heterocycles. The lowest BCUT2D eigenvalue weighted by Crippen LogP contribution is -1.96. The van der Waals surface area contributed by atoms with E-state index in [1.165, 1.54) is 0 Å². The molecule has 0 saturated heterocycles. The molecule has 0 N–H and O–H groups in total. The summed E-state index contributed by atoms with van der Waals surface area (Å²) in [6, 6.07) is 2.14. The summed E-state index contributed by atoms with van der Waals surface area (Å²) >= 11 is 5.22. The molecule has 0 saturated carbocycles. The van der Waals surface area contributed by atoms with Crippen molar-refractivity contribution in [2.45, 2.75) is 0 Å². The van der Waals surface area contributed by atoms with Crippen molar-refractivity contribution in [3.63, 3.8) is 0 Å². The Morgan fingerprint density at radius 2 is 1.92 bits per heavy atom. The summed E-state index contributed by atoms with van der Waals surface area (Å²) in [4.78, 5) is 0. The molecule has 1 rings (SSSR count). The summed E-state index contributed by atoms with van der Waals surface area (Å²) in [5, 5.41) is -0.362. The molecule has 1 aromatic carbocycles. The van der Waals surface area contributed by atoms with Crippen LogP contribution in [0.25, 0.3) is 0 Å². The summed E-state index contributed by atoms with van der Waals surface area (Å²) < 4.78 is 41.0. The van der Waals surface area contributed by atoms with Gasteiger partial charge >= 0.3 is 0 Å². The Labute approximate surface area is 71.7 Å². The molecule has 1 nitrogen and oxygen atoms in total. The highest BCUT2D eigenvalue weighted by Crippen LogP contribution is 2.25. The largest absolute Gasteiger partial charge is 0.460 e. The average molecular weight is 197 g/mol. The van der Waals surface area contributed by atoms with Gasteiger partial charge in [-0.3, -0.25) is 0 Å². The number of benzene rings is 1. The van der Waals surface area contributed by atoms with Crippen molar-refractivity contribution in [2.24, 2.45) is 0 Å². The van der Waals surface area contributed by atoms with E-state index in [2.05, 4.69) is 4.74 Å². The first-order valence-electron chi connectivity index (χ1n) is 2.99. The van der Waals surface area contributed by atoms with Gasteiger partial charge in [-0.05, 0) is 12.1 Å². The quantitative estimate of drug-likeness (QED) is 0.661. The molecule has 0 atom stereocenters. The second kappa shape index (κ2) is 3.67. The molecule has 0 radical (unpaired) electrons. The van der Waals surface area contributed by atoms with Gasteiger partial charge in [-0.1, -0.05) is 11.6 Å². The molecule has 5 heteroatoms. The van der Waals surface area contributed by atoms with Crippen molar-refractivity contribution in [1.29, 1.82) is 0 Å². The maximum Gasteiger partial charge on any atom is 0.228 e. The van der Waals surface area contributed by atoms with E-state index in [1.807, 2.05) is 0 Å². The van der Waals surface area contributed by atoms with Crippen molar-refractivity contribution >= 4 is 11.6 Å². The van der Waals surface area contributed by atoms with Crippen LogP contribution in [0, 0.1) is 11.6 Å². The predicted molar refractivity (Wildman–Crippen MR) is 38.0 cm³/mol. The standard InChI is InChI=1S/C7H4ClF3O/c8-4-1-2-5(12-3-9)7(11)6(4)10/h1-2H,3H2. The van der Waals surface area contributed by atoms with E-state index >= 15 is 0 Å². The summed E-state index contributed by atoms with van der Waals surface area (Å²) in [5.41, 5.74) is 0. The van der Waals surface area contributed by atoms with Crippen molar-refractivity contribution in [3.05, 3.63) is 28.8 Å². The van der Waals surface area contributed by atoms with Gasteiger partial charge in [-0.2, -0.15) is 4.39 Å². The minimum absolute atomic E-state index is 0.362. The number of alkyl halides is 1. The van der Waals surface area contributed by atoms with Crippen LogP contribution in [0.15, 0.2) is 12.1 Å². The van der Waals surface area contributed by atoms with Crippen LogP contribution in [0.2, 0.25) is 5.02 Å². The summed E-state index contributed by atoms with van der Waals surface area (Å²) in [6.07, 6.45) is 0. The van der Waals surface area contributed by atoms with E-state index in [0.29, 0.717) is 0 Å². The smallest absolute Gasteiger partial charge is 0.228 e. The summed E-state index contributed by atoms with van der Waals surface area (Å²) in [7, 11) is 0. The Morgan fingerprint density at radius 3 is 2.50 bits per heavy atom. The molecule has 1 aromatic rings. The lowest BCUT2D eigenvalue weighted by molar-refractivity contribution is 0.182. The lowest BCUT2D eigenvalue weighted by atomic mass is 10.3. The highest BCUT2D eigenvalue weighted by molar-refractivity contribution is 6.30. The highest BCUT2D eigenvalue weighted by atomic mass is 35.5. The van der Waals surface area contributed by atoms with E-state index in [9.17, 15) is 13.2 Å². The minimum atomic E-state index is -1.28. The number of halogens is 4. The third-order valence-electron chi connectivity index (χ3n) is 1.21. The van der Waals surface area contributed by atoms with E-state index < -0.39 is 24.2 Å². The molecule has 0 fully saturated rings. The number of hydrogen-bond donors (Lipinski definition) is 0. The fourth-order valence-electron chi connectivity index (χ4n) is 0.678. The molecule has 66 valence electrons. The average Bonchev–Trinajstić information content (AvgIpc) is 2.07. The van der Waals surface area contributed by atoms with Crippen LogP contribution in [-0.4, -0.2) is 6.86 Å². The van der Waals surface area contributed by atoms with Crippen LogP contribution >= 0.6 is 11.6 Å². The zero-order valence-electron chi connectivity index (χ0n) is 5.78. The normalized spacial score (nSPS) is 10.0. The summed E-state index contributed by atoms with van der Waals surface area (Å²) in [5.74, 6) is -3.00. The van der Waals surface area contributed by atoms with Gasteiger partial charge in [0.1, 0.15) is 0 Å². The van der Waals surface area contributed by atoms with E-state index in [0.717, 1.165) is 12.1 Å².